The van der Waals surface area contributed by atoms with Gasteiger partial charge in [0.05, 0.1) is 33.4 Å². The van der Waals surface area contributed by atoms with Crippen LogP contribution in [0, 0.1) is 0 Å². The van der Waals surface area contributed by atoms with Crippen molar-refractivity contribution in [2.45, 2.75) is 13.0 Å². The molecule has 0 saturated heterocycles. The van der Waals surface area contributed by atoms with Gasteiger partial charge in [0.2, 0.25) is 0 Å². The normalized spacial score (nSPS) is 13.0. The molecule has 0 aliphatic rings. The number of fused-ring (bicyclic) bond motifs is 1. The molecular formula is C13H11Cl2N3OS. The fourth-order valence-electron chi connectivity index (χ4n) is 1.97. The lowest BCUT2D eigenvalue weighted by atomic mass is 10.1. The summed E-state index contributed by atoms with van der Waals surface area (Å²) in [5.41, 5.74) is 2.05. The summed E-state index contributed by atoms with van der Waals surface area (Å²) in [5, 5.41) is 4.13. The molecule has 0 bridgehead atoms. The van der Waals surface area contributed by atoms with E-state index in [9.17, 15) is 0 Å². The molecule has 3 rings (SSSR count). The molecule has 1 atom stereocenters. The van der Waals surface area contributed by atoms with Crippen LogP contribution in [0.4, 0.5) is 0 Å². The lowest BCUT2D eigenvalue weighted by molar-refractivity contribution is 0.458. The first-order valence-electron chi connectivity index (χ1n) is 5.99. The lowest BCUT2D eigenvalue weighted by Gasteiger charge is -2.06. The van der Waals surface area contributed by atoms with E-state index in [0.717, 1.165) is 23.1 Å². The van der Waals surface area contributed by atoms with Crippen LogP contribution in [-0.2, 0) is 0 Å². The van der Waals surface area contributed by atoms with E-state index in [2.05, 4.69) is 14.1 Å². The number of rotatable bonds is 3. The molecule has 7 heteroatoms. The highest BCUT2D eigenvalue weighted by Crippen LogP contribution is 2.39. The maximum absolute atomic E-state index is 6.30. The van der Waals surface area contributed by atoms with E-state index in [1.54, 1.807) is 6.07 Å². The molecule has 104 valence electrons. The van der Waals surface area contributed by atoms with Gasteiger partial charge in [0.1, 0.15) is 22.6 Å². The number of nitrogens with one attached hydrogen (secondary N) is 1. The third-order valence-electron chi connectivity index (χ3n) is 3.18. The third-order valence-corrected chi connectivity index (χ3v) is 4.29. The van der Waals surface area contributed by atoms with Gasteiger partial charge in [-0.05, 0) is 32.2 Å². The van der Waals surface area contributed by atoms with Crippen molar-refractivity contribution in [2.24, 2.45) is 0 Å². The zero-order chi connectivity index (χ0) is 14.3. The van der Waals surface area contributed by atoms with Crippen LogP contribution in [0.2, 0.25) is 10.0 Å². The predicted molar refractivity (Wildman–Crippen MR) is 82.6 cm³/mol. The standard InChI is InChI=1S/C13H11Cl2N3OS/c1-6(16-2)9-3-4-10(19-9)11-7(14)5-8(15)12-13(11)18-20-17-12/h3-6,16H,1-2H3. The number of nitrogens with zero attached hydrogens (tertiary/aromatic N) is 2. The van der Waals surface area contributed by atoms with Crippen molar-refractivity contribution in [3.05, 3.63) is 34.0 Å². The van der Waals surface area contributed by atoms with Gasteiger partial charge in [-0.3, -0.25) is 0 Å². The van der Waals surface area contributed by atoms with E-state index in [1.165, 1.54) is 0 Å². The fraction of sp³-hybridized carbons (Fsp3) is 0.231. The molecule has 0 radical (unpaired) electrons. The summed E-state index contributed by atoms with van der Waals surface area (Å²) in [6.45, 7) is 2.02. The van der Waals surface area contributed by atoms with E-state index in [0.29, 0.717) is 26.8 Å². The van der Waals surface area contributed by atoms with E-state index in [4.69, 9.17) is 27.6 Å². The summed E-state index contributed by atoms with van der Waals surface area (Å²) < 4.78 is 14.3. The summed E-state index contributed by atoms with van der Waals surface area (Å²) in [5.74, 6) is 1.51. The van der Waals surface area contributed by atoms with Crippen molar-refractivity contribution < 1.29 is 4.42 Å². The van der Waals surface area contributed by atoms with E-state index in [-0.39, 0.29) is 6.04 Å². The number of benzene rings is 1. The lowest BCUT2D eigenvalue weighted by Crippen LogP contribution is -2.11. The molecule has 0 aliphatic heterocycles. The second-order valence-electron chi connectivity index (χ2n) is 4.39. The zero-order valence-corrected chi connectivity index (χ0v) is 13.1. The molecule has 1 unspecified atom stereocenters. The molecule has 0 saturated carbocycles. The van der Waals surface area contributed by atoms with Crippen LogP contribution in [-0.4, -0.2) is 15.8 Å². The molecule has 0 spiro atoms. The van der Waals surface area contributed by atoms with Crippen molar-refractivity contribution in [1.82, 2.24) is 14.1 Å². The van der Waals surface area contributed by atoms with E-state index in [1.807, 2.05) is 26.1 Å². The first kappa shape index (κ1) is 13.8. The minimum absolute atomic E-state index is 0.124. The van der Waals surface area contributed by atoms with Crippen LogP contribution >= 0.6 is 34.9 Å². The number of furan rings is 1. The van der Waals surface area contributed by atoms with Gasteiger partial charge in [0.25, 0.3) is 0 Å². The molecule has 2 heterocycles. The highest BCUT2D eigenvalue weighted by Gasteiger charge is 2.19. The summed E-state index contributed by atoms with van der Waals surface area (Å²) in [7, 11) is 1.88. The number of halogens is 2. The molecule has 0 fully saturated rings. The summed E-state index contributed by atoms with van der Waals surface area (Å²) in [4.78, 5) is 0. The van der Waals surface area contributed by atoms with Gasteiger partial charge in [-0.25, -0.2) is 0 Å². The van der Waals surface area contributed by atoms with Gasteiger partial charge in [-0.15, -0.1) is 0 Å². The monoisotopic (exact) mass is 327 g/mol. The third kappa shape index (κ3) is 2.20. The summed E-state index contributed by atoms with van der Waals surface area (Å²) in [6.07, 6.45) is 0. The van der Waals surface area contributed by atoms with E-state index >= 15 is 0 Å². The van der Waals surface area contributed by atoms with Crippen LogP contribution in [0.15, 0.2) is 22.6 Å². The maximum Gasteiger partial charge on any atom is 0.138 e. The second-order valence-corrected chi connectivity index (χ2v) is 5.73. The number of hydrogen-bond acceptors (Lipinski definition) is 5. The second kappa shape index (κ2) is 5.33. The van der Waals surface area contributed by atoms with Crippen molar-refractivity contribution in [2.75, 3.05) is 7.05 Å². The number of hydrogen-bond donors (Lipinski definition) is 1. The molecule has 0 aliphatic carbocycles. The molecule has 2 aromatic heterocycles. The highest BCUT2D eigenvalue weighted by atomic mass is 35.5. The molecule has 1 aromatic carbocycles. The Hall–Kier alpha value is -1.14. The SMILES string of the molecule is CNC(C)c1ccc(-c2c(Cl)cc(Cl)c3nsnc23)o1. The average Bonchev–Trinajstić information content (AvgIpc) is 3.07. The topological polar surface area (TPSA) is 51.0 Å². The Bertz CT molecular complexity index is 768. The minimum Gasteiger partial charge on any atom is -0.459 e. The molecule has 1 N–H and O–H groups in total. The van der Waals surface area contributed by atoms with Crippen LogP contribution in [0.5, 0.6) is 0 Å². The average molecular weight is 328 g/mol. The van der Waals surface area contributed by atoms with Crippen LogP contribution in [0.1, 0.15) is 18.7 Å². The summed E-state index contributed by atoms with van der Waals surface area (Å²) >= 11 is 13.5. The summed E-state index contributed by atoms with van der Waals surface area (Å²) in [6, 6.07) is 5.61. The van der Waals surface area contributed by atoms with Crippen LogP contribution < -0.4 is 5.32 Å². The van der Waals surface area contributed by atoms with Gasteiger partial charge in [-0.2, -0.15) is 8.75 Å². The first-order valence-corrected chi connectivity index (χ1v) is 7.48. The van der Waals surface area contributed by atoms with Gasteiger partial charge in [0, 0.05) is 0 Å². The van der Waals surface area contributed by atoms with Gasteiger partial charge < -0.3 is 9.73 Å². The Morgan fingerprint density at radius 3 is 2.70 bits per heavy atom. The van der Waals surface area contributed by atoms with Gasteiger partial charge in [0.15, 0.2) is 0 Å². The zero-order valence-electron chi connectivity index (χ0n) is 10.8. The maximum atomic E-state index is 6.30. The van der Waals surface area contributed by atoms with E-state index < -0.39 is 0 Å². The Morgan fingerprint density at radius 2 is 1.95 bits per heavy atom. The molecule has 0 amide bonds. The smallest absolute Gasteiger partial charge is 0.138 e. The van der Waals surface area contributed by atoms with Gasteiger partial charge in [-0.1, -0.05) is 23.2 Å². The van der Waals surface area contributed by atoms with Crippen LogP contribution in [0.25, 0.3) is 22.4 Å². The molecular weight excluding hydrogens is 317 g/mol. The van der Waals surface area contributed by atoms with Crippen molar-refractivity contribution in [3.63, 3.8) is 0 Å². The Morgan fingerprint density at radius 1 is 1.20 bits per heavy atom. The fourth-order valence-corrected chi connectivity index (χ4v) is 3.18. The van der Waals surface area contributed by atoms with Crippen LogP contribution in [0.3, 0.4) is 0 Å². The minimum atomic E-state index is 0.124. The Labute approximate surface area is 130 Å². The van der Waals surface area contributed by atoms with Gasteiger partial charge >= 0.3 is 0 Å². The molecule has 4 nitrogen and oxygen atoms in total. The largest absolute Gasteiger partial charge is 0.459 e. The van der Waals surface area contributed by atoms with Crippen molar-refractivity contribution in [1.29, 1.82) is 0 Å². The molecule has 20 heavy (non-hydrogen) atoms. The molecule has 3 aromatic rings. The Kier molecular flexibility index (Phi) is 3.69. The quantitative estimate of drug-likeness (QED) is 0.767. The Balaban J connectivity index is 2.19. The van der Waals surface area contributed by atoms with Crippen molar-refractivity contribution in [3.8, 4) is 11.3 Å². The highest BCUT2D eigenvalue weighted by molar-refractivity contribution is 7.00. The van der Waals surface area contributed by atoms with Crippen molar-refractivity contribution >= 4 is 46.0 Å². The number of aromatic nitrogens is 2. The predicted octanol–water partition coefficient (Wildman–Crippen LogP) is 4.54. The first-order chi connectivity index (χ1) is 9.61.